The Morgan fingerprint density at radius 3 is 2.33 bits per heavy atom. The highest BCUT2D eigenvalue weighted by molar-refractivity contribution is 5.96. The van der Waals surface area contributed by atoms with Crippen molar-refractivity contribution < 1.29 is 19.1 Å². The SMILES string of the molecule is CC[C@@H](C)[C@H](NC(=O)c1ccc(F)cc1)C(=O)O. The Hall–Kier alpha value is -1.91. The minimum atomic E-state index is -1.07. The van der Waals surface area contributed by atoms with Crippen LogP contribution in [0.15, 0.2) is 24.3 Å². The van der Waals surface area contributed by atoms with Crippen molar-refractivity contribution in [1.82, 2.24) is 5.32 Å². The van der Waals surface area contributed by atoms with Gasteiger partial charge in [-0.3, -0.25) is 4.79 Å². The van der Waals surface area contributed by atoms with Gasteiger partial charge in [0.05, 0.1) is 0 Å². The second-order valence-corrected chi connectivity index (χ2v) is 4.18. The van der Waals surface area contributed by atoms with E-state index in [0.29, 0.717) is 6.42 Å². The fourth-order valence-corrected chi connectivity index (χ4v) is 1.51. The lowest BCUT2D eigenvalue weighted by molar-refractivity contribution is -0.140. The number of carboxylic acids is 1. The predicted molar refractivity (Wildman–Crippen MR) is 64.7 cm³/mol. The normalized spacial score (nSPS) is 13.7. The number of benzene rings is 1. The zero-order valence-corrected chi connectivity index (χ0v) is 10.3. The molecule has 2 atom stereocenters. The average molecular weight is 253 g/mol. The van der Waals surface area contributed by atoms with Crippen molar-refractivity contribution in [1.29, 1.82) is 0 Å². The third-order valence-electron chi connectivity index (χ3n) is 2.87. The molecule has 0 radical (unpaired) electrons. The quantitative estimate of drug-likeness (QED) is 0.844. The number of hydrogen-bond donors (Lipinski definition) is 2. The van der Waals surface area contributed by atoms with Crippen molar-refractivity contribution in [3.05, 3.63) is 35.6 Å². The standard InChI is InChI=1S/C13H16FNO3/c1-3-8(2)11(13(17)18)15-12(16)9-4-6-10(14)7-5-9/h4-8,11H,3H2,1-2H3,(H,15,16)(H,17,18)/t8-,11+/m1/s1. The summed E-state index contributed by atoms with van der Waals surface area (Å²) >= 11 is 0. The van der Waals surface area contributed by atoms with Gasteiger partial charge in [-0.2, -0.15) is 0 Å². The number of amides is 1. The molecule has 0 saturated heterocycles. The lowest BCUT2D eigenvalue weighted by Crippen LogP contribution is -2.45. The lowest BCUT2D eigenvalue weighted by atomic mass is 9.99. The third-order valence-corrected chi connectivity index (χ3v) is 2.87. The second kappa shape index (κ2) is 6.14. The fourth-order valence-electron chi connectivity index (χ4n) is 1.51. The van der Waals surface area contributed by atoms with Gasteiger partial charge in [0.15, 0.2) is 0 Å². The number of nitrogens with one attached hydrogen (secondary N) is 1. The van der Waals surface area contributed by atoms with Gasteiger partial charge in [0, 0.05) is 5.56 Å². The Balaban J connectivity index is 2.78. The van der Waals surface area contributed by atoms with Crippen LogP contribution in [0.2, 0.25) is 0 Å². The van der Waals surface area contributed by atoms with Gasteiger partial charge < -0.3 is 10.4 Å². The Labute approximate surface area is 105 Å². The van der Waals surface area contributed by atoms with Crippen LogP contribution in [-0.2, 0) is 4.79 Å². The molecule has 0 aliphatic carbocycles. The minimum Gasteiger partial charge on any atom is -0.480 e. The molecule has 1 aromatic carbocycles. The van der Waals surface area contributed by atoms with Crippen molar-refractivity contribution in [2.24, 2.45) is 5.92 Å². The number of aliphatic carboxylic acids is 1. The van der Waals surface area contributed by atoms with Gasteiger partial charge in [-0.15, -0.1) is 0 Å². The van der Waals surface area contributed by atoms with E-state index in [1.54, 1.807) is 6.92 Å². The highest BCUT2D eigenvalue weighted by atomic mass is 19.1. The van der Waals surface area contributed by atoms with E-state index in [9.17, 15) is 14.0 Å². The van der Waals surface area contributed by atoms with Crippen LogP contribution < -0.4 is 5.32 Å². The molecular weight excluding hydrogens is 237 g/mol. The smallest absolute Gasteiger partial charge is 0.326 e. The summed E-state index contributed by atoms with van der Waals surface area (Å²) in [7, 11) is 0. The number of rotatable bonds is 5. The van der Waals surface area contributed by atoms with Gasteiger partial charge in [-0.25, -0.2) is 9.18 Å². The molecule has 1 aromatic rings. The van der Waals surface area contributed by atoms with E-state index < -0.39 is 23.7 Å². The van der Waals surface area contributed by atoms with Gasteiger partial charge in [0.25, 0.3) is 5.91 Å². The summed E-state index contributed by atoms with van der Waals surface area (Å²) in [5, 5.41) is 11.5. The largest absolute Gasteiger partial charge is 0.480 e. The van der Waals surface area contributed by atoms with E-state index in [1.807, 2.05) is 6.92 Å². The predicted octanol–water partition coefficient (Wildman–Crippen LogP) is 2.05. The van der Waals surface area contributed by atoms with Gasteiger partial charge in [0.2, 0.25) is 0 Å². The first-order chi connectivity index (χ1) is 8.45. The summed E-state index contributed by atoms with van der Waals surface area (Å²) in [5.74, 6) is -2.20. The van der Waals surface area contributed by atoms with E-state index in [2.05, 4.69) is 5.32 Å². The monoisotopic (exact) mass is 253 g/mol. The fraction of sp³-hybridized carbons (Fsp3) is 0.385. The molecular formula is C13H16FNO3. The van der Waals surface area contributed by atoms with Crippen LogP contribution in [0.5, 0.6) is 0 Å². The maximum atomic E-state index is 12.7. The molecule has 1 amide bonds. The van der Waals surface area contributed by atoms with Crippen LogP contribution >= 0.6 is 0 Å². The van der Waals surface area contributed by atoms with Gasteiger partial charge in [0.1, 0.15) is 11.9 Å². The molecule has 4 nitrogen and oxygen atoms in total. The molecule has 0 heterocycles. The van der Waals surface area contributed by atoms with Gasteiger partial charge >= 0.3 is 5.97 Å². The van der Waals surface area contributed by atoms with Crippen LogP contribution in [0, 0.1) is 11.7 Å². The van der Waals surface area contributed by atoms with Crippen LogP contribution in [0.4, 0.5) is 4.39 Å². The highest BCUT2D eigenvalue weighted by Crippen LogP contribution is 2.10. The molecule has 0 aromatic heterocycles. The number of carbonyl (C=O) groups excluding carboxylic acids is 1. The highest BCUT2D eigenvalue weighted by Gasteiger charge is 2.25. The van der Waals surface area contributed by atoms with Gasteiger partial charge in [-0.1, -0.05) is 20.3 Å². The molecule has 0 saturated carbocycles. The third kappa shape index (κ3) is 3.55. The van der Waals surface area contributed by atoms with Crippen molar-refractivity contribution >= 4 is 11.9 Å². The topological polar surface area (TPSA) is 66.4 Å². The summed E-state index contributed by atoms with van der Waals surface area (Å²) in [4.78, 5) is 22.8. The minimum absolute atomic E-state index is 0.174. The van der Waals surface area contributed by atoms with E-state index in [1.165, 1.54) is 12.1 Å². The van der Waals surface area contributed by atoms with E-state index >= 15 is 0 Å². The molecule has 2 N–H and O–H groups in total. The summed E-state index contributed by atoms with van der Waals surface area (Å²) < 4.78 is 12.7. The summed E-state index contributed by atoms with van der Waals surface area (Å²) in [6.45, 7) is 3.61. The number of carboxylic acid groups (broad SMARTS) is 1. The Morgan fingerprint density at radius 2 is 1.89 bits per heavy atom. The van der Waals surface area contributed by atoms with E-state index in [-0.39, 0.29) is 11.5 Å². The lowest BCUT2D eigenvalue weighted by Gasteiger charge is -2.20. The summed E-state index contributed by atoms with van der Waals surface area (Å²) in [6.07, 6.45) is 0.640. The first-order valence-electron chi connectivity index (χ1n) is 5.75. The zero-order chi connectivity index (χ0) is 13.7. The number of carbonyl (C=O) groups is 2. The first kappa shape index (κ1) is 14.2. The molecule has 0 aliphatic heterocycles. The molecule has 0 unspecified atom stereocenters. The zero-order valence-electron chi connectivity index (χ0n) is 10.3. The maximum Gasteiger partial charge on any atom is 0.326 e. The van der Waals surface area contributed by atoms with Crippen LogP contribution in [0.1, 0.15) is 30.6 Å². The molecule has 0 bridgehead atoms. The van der Waals surface area contributed by atoms with Crippen LogP contribution in [0.3, 0.4) is 0 Å². The van der Waals surface area contributed by atoms with Crippen molar-refractivity contribution in [3.8, 4) is 0 Å². The van der Waals surface area contributed by atoms with Crippen molar-refractivity contribution in [2.45, 2.75) is 26.3 Å². The molecule has 5 heteroatoms. The molecule has 1 rings (SSSR count). The van der Waals surface area contributed by atoms with Crippen LogP contribution in [0.25, 0.3) is 0 Å². The Bertz CT molecular complexity index is 430. The molecule has 98 valence electrons. The Kier molecular flexibility index (Phi) is 4.83. The summed E-state index contributed by atoms with van der Waals surface area (Å²) in [5.41, 5.74) is 0.242. The molecule has 0 aliphatic rings. The molecule has 0 spiro atoms. The van der Waals surface area contributed by atoms with E-state index in [0.717, 1.165) is 12.1 Å². The maximum absolute atomic E-state index is 12.7. The summed E-state index contributed by atoms with van der Waals surface area (Å²) in [6, 6.07) is 4.02. The van der Waals surface area contributed by atoms with Crippen LogP contribution in [-0.4, -0.2) is 23.0 Å². The average Bonchev–Trinajstić information content (AvgIpc) is 2.35. The molecule has 18 heavy (non-hydrogen) atoms. The van der Waals surface area contributed by atoms with Crippen molar-refractivity contribution in [2.75, 3.05) is 0 Å². The number of hydrogen-bond acceptors (Lipinski definition) is 2. The molecule has 0 fully saturated rings. The first-order valence-corrected chi connectivity index (χ1v) is 5.75. The van der Waals surface area contributed by atoms with E-state index in [4.69, 9.17) is 5.11 Å². The van der Waals surface area contributed by atoms with Crippen molar-refractivity contribution in [3.63, 3.8) is 0 Å². The number of halogens is 1. The Morgan fingerprint density at radius 1 is 1.33 bits per heavy atom. The van der Waals surface area contributed by atoms with Gasteiger partial charge in [-0.05, 0) is 30.2 Å². The second-order valence-electron chi connectivity index (χ2n) is 4.18.